The monoisotopic (exact) mass is 311 g/mol. The Bertz CT molecular complexity index is 684. The van der Waals surface area contributed by atoms with Gasteiger partial charge in [-0.3, -0.25) is 0 Å². The zero-order valence-corrected chi connectivity index (χ0v) is 12.8. The number of aromatic nitrogens is 2. The van der Waals surface area contributed by atoms with Gasteiger partial charge in [-0.1, -0.05) is 30.3 Å². The van der Waals surface area contributed by atoms with Crippen molar-refractivity contribution in [3.63, 3.8) is 0 Å². The third-order valence-corrected chi connectivity index (χ3v) is 3.03. The van der Waals surface area contributed by atoms with E-state index >= 15 is 0 Å². The van der Waals surface area contributed by atoms with E-state index in [1.807, 2.05) is 36.4 Å². The number of benzene rings is 1. The molecule has 2 aromatic rings. The van der Waals surface area contributed by atoms with E-state index < -0.39 is 6.09 Å². The molecule has 0 aliphatic rings. The van der Waals surface area contributed by atoms with Crippen LogP contribution in [0.25, 0.3) is 0 Å². The zero-order chi connectivity index (χ0) is 16.5. The van der Waals surface area contributed by atoms with Crippen LogP contribution in [0.15, 0.2) is 42.6 Å². The van der Waals surface area contributed by atoms with Crippen molar-refractivity contribution in [2.75, 3.05) is 25.0 Å². The lowest BCUT2D eigenvalue weighted by Gasteiger charge is -2.17. The van der Waals surface area contributed by atoms with E-state index in [-0.39, 0.29) is 6.61 Å². The van der Waals surface area contributed by atoms with Gasteiger partial charge in [-0.05, 0) is 11.6 Å². The van der Waals surface area contributed by atoms with Crippen molar-refractivity contribution in [3.05, 3.63) is 53.9 Å². The summed E-state index contributed by atoms with van der Waals surface area (Å²) in [6.45, 7) is 1.11. The quantitative estimate of drug-likeness (QED) is 0.873. The maximum Gasteiger partial charge on any atom is 0.407 e. The zero-order valence-electron chi connectivity index (χ0n) is 12.8. The number of nitrogens with one attached hydrogen (secondary N) is 1. The number of rotatable bonds is 6. The van der Waals surface area contributed by atoms with Crippen LogP contribution in [-0.4, -0.2) is 36.2 Å². The standard InChI is InChI=1S/C16H17N5O2/c1-21(15-18-8-7-14(11-17)20-15)10-9-19-16(22)23-12-13-5-3-2-4-6-13/h2-8H,9-10,12H2,1H3,(H,19,22). The SMILES string of the molecule is CN(CCNC(=O)OCc1ccccc1)c1nccc(C#N)n1. The molecule has 1 amide bonds. The third kappa shape index (κ3) is 5.28. The van der Waals surface area contributed by atoms with Crippen LogP contribution >= 0.6 is 0 Å². The molecular formula is C16H17N5O2. The second kappa shape index (κ2) is 8.34. The molecular weight excluding hydrogens is 294 g/mol. The predicted octanol–water partition coefficient (Wildman–Crippen LogP) is 1.71. The molecule has 0 bridgehead atoms. The second-order valence-electron chi connectivity index (χ2n) is 4.76. The normalized spacial score (nSPS) is 9.74. The average Bonchev–Trinajstić information content (AvgIpc) is 2.60. The fourth-order valence-electron chi connectivity index (χ4n) is 1.79. The summed E-state index contributed by atoms with van der Waals surface area (Å²) in [5.41, 5.74) is 1.23. The van der Waals surface area contributed by atoms with Crippen LogP contribution in [0.3, 0.4) is 0 Å². The van der Waals surface area contributed by atoms with E-state index in [0.717, 1.165) is 5.56 Å². The van der Waals surface area contributed by atoms with Crippen molar-refractivity contribution < 1.29 is 9.53 Å². The molecule has 1 heterocycles. The van der Waals surface area contributed by atoms with Crippen LogP contribution in [0.4, 0.5) is 10.7 Å². The minimum atomic E-state index is -0.478. The number of amides is 1. The number of nitrogens with zero attached hydrogens (tertiary/aromatic N) is 4. The van der Waals surface area contributed by atoms with Crippen molar-refractivity contribution in [1.82, 2.24) is 15.3 Å². The first-order chi connectivity index (χ1) is 11.2. The highest BCUT2D eigenvalue weighted by Crippen LogP contribution is 2.04. The Morgan fingerprint density at radius 1 is 1.35 bits per heavy atom. The van der Waals surface area contributed by atoms with Gasteiger partial charge in [-0.15, -0.1) is 0 Å². The molecule has 23 heavy (non-hydrogen) atoms. The highest BCUT2D eigenvalue weighted by molar-refractivity contribution is 5.67. The maximum atomic E-state index is 11.6. The summed E-state index contributed by atoms with van der Waals surface area (Å²) < 4.78 is 5.11. The van der Waals surface area contributed by atoms with Crippen molar-refractivity contribution in [3.8, 4) is 6.07 Å². The molecule has 1 aromatic heterocycles. The average molecular weight is 311 g/mol. The Morgan fingerprint density at radius 3 is 2.87 bits per heavy atom. The molecule has 0 fully saturated rings. The lowest BCUT2D eigenvalue weighted by molar-refractivity contribution is 0.140. The van der Waals surface area contributed by atoms with E-state index in [1.165, 1.54) is 12.3 Å². The van der Waals surface area contributed by atoms with Gasteiger partial charge in [0.25, 0.3) is 0 Å². The van der Waals surface area contributed by atoms with Crippen LogP contribution in [0.1, 0.15) is 11.3 Å². The fourth-order valence-corrected chi connectivity index (χ4v) is 1.79. The molecule has 0 saturated heterocycles. The number of anilines is 1. The molecule has 0 unspecified atom stereocenters. The smallest absolute Gasteiger partial charge is 0.407 e. The number of alkyl carbamates (subject to hydrolysis) is 1. The Kier molecular flexibility index (Phi) is 5.89. The van der Waals surface area contributed by atoms with Crippen molar-refractivity contribution in [2.24, 2.45) is 0 Å². The van der Waals surface area contributed by atoms with Gasteiger partial charge in [-0.2, -0.15) is 5.26 Å². The molecule has 118 valence electrons. The molecule has 0 aliphatic heterocycles. The Labute approximate surface area is 134 Å². The first kappa shape index (κ1) is 16.2. The summed E-state index contributed by atoms with van der Waals surface area (Å²) in [4.78, 5) is 21.5. The van der Waals surface area contributed by atoms with Gasteiger partial charge in [-0.25, -0.2) is 14.8 Å². The van der Waals surface area contributed by atoms with Crippen LogP contribution in [0.5, 0.6) is 0 Å². The molecule has 0 radical (unpaired) electrons. The van der Waals surface area contributed by atoms with E-state index in [0.29, 0.717) is 24.7 Å². The summed E-state index contributed by atoms with van der Waals surface area (Å²) in [6, 6.07) is 13.0. The number of likely N-dealkylation sites (N-methyl/N-ethyl adjacent to an activating group) is 1. The van der Waals surface area contributed by atoms with Crippen molar-refractivity contribution in [2.45, 2.75) is 6.61 Å². The molecule has 0 aliphatic carbocycles. The molecule has 7 heteroatoms. The van der Waals surface area contributed by atoms with Crippen molar-refractivity contribution in [1.29, 1.82) is 5.26 Å². The van der Waals surface area contributed by atoms with Gasteiger partial charge in [0.05, 0.1) is 0 Å². The number of hydrogen-bond acceptors (Lipinski definition) is 6. The minimum Gasteiger partial charge on any atom is -0.445 e. The van der Waals surface area contributed by atoms with Gasteiger partial charge < -0.3 is 15.0 Å². The lowest BCUT2D eigenvalue weighted by Crippen LogP contribution is -2.34. The first-order valence-electron chi connectivity index (χ1n) is 7.08. The summed E-state index contributed by atoms with van der Waals surface area (Å²) in [5, 5.41) is 11.5. The second-order valence-corrected chi connectivity index (χ2v) is 4.76. The van der Waals surface area contributed by atoms with Gasteiger partial charge in [0, 0.05) is 26.3 Å². The first-order valence-corrected chi connectivity index (χ1v) is 7.08. The summed E-state index contributed by atoms with van der Waals surface area (Å²) in [6.07, 6.45) is 1.05. The molecule has 7 nitrogen and oxygen atoms in total. The lowest BCUT2D eigenvalue weighted by atomic mass is 10.2. The summed E-state index contributed by atoms with van der Waals surface area (Å²) in [7, 11) is 1.79. The molecule has 1 aromatic carbocycles. The Morgan fingerprint density at radius 2 is 2.13 bits per heavy atom. The molecule has 1 N–H and O–H groups in total. The van der Waals surface area contributed by atoms with Gasteiger partial charge in [0.1, 0.15) is 18.4 Å². The minimum absolute atomic E-state index is 0.232. The topological polar surface area (TPSA) is 91.1 Å². The van der Waals surface area contributed by atoms with Crippen LogP contribution in [0, 0.1) is 11.3 Å². The number of ether oxygens (including phenoxy) is 1. The fraction of sp³-hybridized carbons (Fsp3) is 0.250. The van der Waals surface area contributed by atoms with Crippen molar-refractivity contribution >= 4 is 12.0 Å². The number of carbonyl (C=O) groups is 1. The van der Waals surface area contributed by atoms with Gasteiger partial charge >= 0.3 is 6.09 Å². The van der Waals surface area contributed by atoms with Gasteiger partial charge in [0.2, 0.25) is 5.95 Å². The number of carbonyl (C=O) groups excluding carboxylic acids is 1. The van der Waals surface area contributed by atoms with Crippen LogP contribution < -0.4 is 10.2 Å². The van der Waals surface area contributed by atoms with Crippen LogP contribution in [0.2, 0.25) is 0 Å². The van der Waals surface area contributed by atoms with Gasteiger partial charge in [0.15, 0.2) is 0 Å². The van der Waals surface area contributed by atoms with Crippen LogP contribution in [-0.2, 0) is 11.3 Å². The highest BCUT2D eigenvalue weighted by atomic mass is 16.5. The van der Waals surface area contributed by atoms with E-state index in [4.69, 9.17) is 10.00 Å². The van der Waals surface area contributed by atoms with E-state index in [9.17, 15) is 4.79 Å². The third-order valence-electron chi connectivity index (χ3n) is 3.03. The summed E-state index contributed by atoms with van der Waals surface area (Å²) in [5.74, 6) is 0.434. The Balaban J connectivity index is 1.71. The molecule has 0 spiro atoms. The summed E-state index contributed by atoms with van der Waals surface area (Å²) >= 11 is 0. The largest absolute Gasteiger partial charge is 0.445 e. The predicted molar refractivity (Wildman–Crippen MR) is 84.6 cm³/mol. The molecule has 0 atom stereocenters. The highest BCUT2D eigenvalue weighted by Gasteiger charge is 2.07. The number of nitriles is 1. The van der Waals surface area contributed by atoms with E-state index in [1.54, 1.807) is 11.9 Å². The number of hydrogen-bond donors (Lipinski definition) is 1. The van der Waals surface area contributed by atoms with E-state index in [2.05, 4.69) is 15.3 Å². The molecule has 0 saturated carbocycles. The maximum absolute atomic E-state index is 11.6. The molecule has 2 rings (SSSR count). The Hall–Kier alpha value is -3.14.